The molecule has 0 aliphatic carbocycles. The summed E-state index contributed by atoms with van der Waals surface area (Å²) >= 11 is 0. The van der Waals surface area contributed by atoms with Crippen LogP contribution in [0.2, 0.25) is 0 Å². The van der Waals surface area contributed by atoms with E-state index in [0.29, 0.717) is 26.1 Å². The Hall–Kier alpha value is -1.30. The number of urea groups is 1. The van der Waals surface area contributed by atoms with Crippen LogP contribution in [0.5, 0.6) is 0 Å². The van der Waals surface area contributed by atoms with Gasteiger partial charge in [0.15, 0.2) is 0 Å². The molecule has 2 amide bonds. The van der Waals surface area contributed by atoms with Crippen LogP contribution in [-0.4, -0.2) is 54.4 Å². The molecule has 6 heteroatoms. The highest BCUT2D eigenvalue weighted by Crippen LogP contribution is 2.24. The summed E-state index contributed by atoms with van der Waals surface area (Å²) < 4.78 is 5.32. The van der Waals surface area contributed by atoms with E-state index in [-0.39, 0.29) is 12.1 Å². The van der Waals surface area contributed by atoms with Crippen molar-refractivity contribution in [2.75, 3.05) is 26.3 Å². The van der Waals surface area contributed by atoms with Gasteiger partial charge in [-0.25, -0.2) is 4.79 Å². The van der Waals surface area contributed by atoms with Gasteiger partial charge in [-0.05, 0) is 26.2 Å². The molecule has 0 saturated carbocycles. The molecule has 0 aromatic carbocycles. The minimum absolute atomic E-state index is 0.174. The van der Waals surface area contributed by atoms with E-state index in [2.05, 4.69) is 12.2 Å². The number of carboxylic acid groups (broad SMARTS) is 1. The van der Waals surface area contributed by atoms with Crippen molar-refractivity contribution in [2.45, 2.75) is 39.2 Å². The zero-order chi connectivity index (χ0) is 14.3. The molecule has 1 aliphatic rings. The Kier molecular flexibility index (Phi) is 6.62. The lowest BCUT2D eigenvalue weighted by atomic mass is 10.0. The van der Waals surface area contributed by atoms with Gasteiger partial charge in [-0.3, -0.25) is 4.79 Å². The van der Waals surface area contributed by atoms with Gasteiger partial charge in [-0.2, -0.15) is 0 Å². The van der Waals surface area contributed by atoms with E-state index in [4.69, 9.17) is 9.84 Å². The van der Waals surface area contributed by atoms with E-state index in [1.165, 1.54) is 0 Å². The first-order valence-corrected chi connectivity index (χ1v) is 6.93. The van der Waals surface area contributed by atoms with E-state index >= 15 is 0 Å². The zero-order valence-electron chi connectivity index (χ0n) is 11.7. The first-order chi connectivity index (χ1) is 9.07. The molecule has 2 unspecified atom stereocenters. The maximum atomic E-state index is 11.9. The molecule has 0 spiro atoms. The minimum Gasteiger partial charge on any atom is -0.481 e. The van der Waals surface area contributed by atoms with Crippen LogP contribution in [0.25, 0.3) is 0 Å². The molecule has 1 aliphatic heterocycles. The predicted molar refractivity (Wildman–Crippen MR) is 71.0 cm³/mol. The molecule has 1 fully saturated rings. The summed E-state index contributed by atoms with van der Waals surface area (Å²) in [5.41, 5.74) is 0. The summed E-state index contributed by atoms with van der Waals surface area (Å²) in [6, 6.07) is -0.416. The predicted octanol–water partition coefficient (Wildman–Crippen LogP) is 1.31. The maximum Gasteiger partial charge on any atom is 0.317 e. The second-order valence-electron chi connectivity index (χ2n) is 4.87. The number of nitrogens with zero attached hydrogens (tertiary/aromatic N) is 1. The number of hydrogen-bond donors (Lipinski definition) is 2. The van der Waals surface area contributed by atoms with Crippen molar-refractivity contribution in [3.05, 3.63) is 0 Å². The van der Waals surface area contributed by atoms with Crippen molar-refractivity contribution in [1.82, 2.24) is 10.2 Å². The third-order valence-corrected chi connectivity index (χ3v) is 3.42. The summed E-state index contributed by atoms with van der Waals surface area (Å²) in [5, 5.41) is 11.8. The van der Waals surface area contributed by atoms with Gasteiger partial charge in [0.1, 0.15) is 0 Å². The van der Waals surface area contributed by atoms with Crippen molar-refractivity contribution >= 4 is 12.0 Å². The average Bonchev–Trinajstić information content (AvgIpc) is 2.75. The Balaban J connectivity index is 2.21. The summed E-state index contributed by atoms with van der Waals surface area (Å²) in [6.07, 6.45) is 2.30. The second kappa shape index (κ2) is 7.99. The van der Waals surface area contributed by atoms with Crippen molar-refractivity contribution in [3.63, 3.8) is 0 Å². The van der Waals surface area contributed by atoms with Crippen LogP contribution < -0.4 is 5.32 Å². The molecule has 19 heavy (non-hydrogen) atoms. The molecule has 0 aromatic rings. The molecular formula is C13H24N2O4. The van der Waals surface area contributed by atoms with Gasteiger partial charge < -0.3 is 20.1 Å². The number of amides is 2. The lowest BCUT2D eigenvalue weighted by Crippen LogP contribution is -2.44. The first-order valence-electron chi connectivity index (χ1n) is 6.93. The molecule has 0 bridgehead atoms. The molecule has 0 aromatic heterocycles. The summed E-state index contributed by atoms with van der Waals surface area (Å²) in [6.45, 7) is 6.30. The topological polar surface area (TPSA) is 78.9 Å². The minimum atomic E-state index is -0.823. The number of aliphatic carboxylic acids is 1. The van der Waals surface area contributed by atoms with E-state index in [1.807, 2.05) is 0 Å². The van der Waals surface area contributed by atoms with Crippen LogP contribution in [-0.2, 0) is 9.53 Å². The van der Waals surface area contributed by atoms with Crippen LogP contribution in [0.1, 0.15) is 33.1 Å². The smallest absolute Gasteiger partial charge is 0.317 e. The van der Waals surface area contributed by atoms with E-state index < -0.39 is 11.9 Å². The molecule has 1 saturated heterocycles. The Morgan fingerprint density at radius 2 is 2.16 bits per heavy atom. The van der Waals surface area contributed by atoms with Crippen LogP contribution in [0, 0.1) is 5.92 Å². The van der Waals surface area contributed by atoms with Gasteiger partial charge in [0.2, 0.25) is 0 Å². The third-order valence-electron chi connectivity index (χ3n) is 3.42. The van der Waals surface area contributed by atoms with Crippen molar-refractivity contribution in [2.24, 2.45) is 5.92 Å². The average molecular weight is 272 g/mol. The second-order valence-corrected chi connectivity index (χ2v) is 4.87. The van der Waals surface area contributed by atoms with Gasteiger partial charge in [0, 0.05) is 32.3 Å². The number of ether oxygens (including phenoxy) is 1. The molecule has 2 N–H and O–H groups in total. The molecule has 2 atom stereocenters. The summed E-state index contributed by atoms with van der Waals surface area (Å²) in [7, 11) is 0. The zero-order valence-corrected chi connectivity index (χ0v) is 11.7. The largest absolute Gasteiger partial charge is 0.481 e. The Labute approximate surface area is 114 Å². The first kappa shape index (κ1) is 15.8. The number of carbonyl (C=O) groups excluding carboxylic acids is 1. The number of hydrogen-bond acceptors (Lipinski definition) is 3. The highest BCUT2D eigenvalue weighted by Gasteiger charge is 2.37. The van der Waals surface area contributed by atoms with Gasteiger partial charge in [0.05, 0.1) is 5.92 Å². The molecule has 0 radical (unpaired) electrons. The highest BCUT2D eigenvalue weighted by molar-refractivity contribution is 5.78. The van der Waals surface area contributed by atoms with Gasteiger partial charge in [-0.15, -0.1) is 0 Å². The number of likely N-dealkylation sites (tertiary alicyclic amines) is 1. The maximum absolute atomic E-state index is 11.9. The Morgan fingerprint density at radius 1 is 1.42 bits per heavy atom. The fourth-order valence-corrected chi connectivity index (χ4v) is 2.27. The Bertz CT molecular complexity index is 309. The third kappa shape index (κ3) is 4.70. The summed E-state index contributed by atoms with van der Waals surface area (Å²) in [4.78, 5) is 24.5. The molecule has 1 rings (SSSR count). The lowest BCUT2D eigenvalue weighted by molar-refractivity contribution is -0.142. The fraction of sp³-hybridized carbons (Fsp3) is 0.846. The van der Waals surface area contributed by atoms with Gasteiger partial charge >= 0.3 is 12.0 Å². The molecule has 6 nitrogen and oxygen atoms in total. The van der Waals surface area contributed by atoms with Crippen LogP contribution in [0.4, 0.5) is 4.79 Å². The van der Waals surface area contributed by atoms with Crippen molar-refractivity contribution in [1.29, 1.82) is 0 Å². The van der Waals surface area contributed by atoms with E-state index in [0.717, 1.165) is 19.4 Å². The van der Waals surface area contributed by atoms with Gasteiger partial charge in [0.25, 0.3) is 0 Å². The number of carbonyl (C=O) groups is 2. The molecule has 1 heterocycles. The van der Waals surface area contributed by atoms with Crippen molar-refractivity contribution in [3.8, 4) is 0 Å². The van der Waals surface area contributed by atoms with Crippen LogP contribution in [0.3, 0.4) is 0 Å². The van der Waals surface area contributed by atoms with Crippen LogP contribution >= 0.6 is 0 Å². The Morgan fingerprint density at radius 3 is 2.74 bits per heavy atom. The standard InChI is InChI=1S/C13H24N2O4/c1-3-8-19-9-4-6-14-13(18)15-7-5-11(10(15)2)12(16)17/h10-11H,3-9H2,1-2H3,(H,14,18)(H,16,17). The SMILES string of the molecule is CCCOCCCNC(=O)N1CCC(C(=O)O)C1C. The summed E-state index contributed by atoms with van der Waals surface area (Å²) in [5.74, 6) is -1.27. The lowest BCUT2D eigenvalue weighted by Gasteiger charge is -2.23. The quantitative estimate of drug-likeness (QED) is 0.685. The number of rotatable bonds is 7. The van der Waals surface area contributed by atoms with E-state index in [9.17, 15) is 9.59 Å². The van der Waals surface area contributed by atoms with E-state index in [1.54, 1.807) is 11.8 Å². The monoisotopic (exact) mass is 272 g/mol. The fourth-order valence-electron chi connectivity index (χ4n) is 2.27. The van der Waals surface area contributed by atoms with Crippen LogP contribution in [0.15, 0.2) is 0 Å². The van der Waals surface area contributed by atoms with Crippen molar-refractivity contribution < 1.29 is 19.4 Å². The highest BCUT2D eigenvalue weighted by atomic mass is 16.5. The molecule has 110 valence electrons. The number of carboxylic acids is 1. The normalized spacial score (nSPS) is 22.5. The molecular weight excluding hydrogens is 248 g/mol. The van der Waals surface area contributed by atoms with Gasteiger partial charge in [-0.1, -0.05) is 6.92 Å². The number of nitrogens with one attached hydrogen (secondary N) is 1.